The zero-order chi connectivity index (χ0) is 14.7. The summed E-state index contributed by atoms with van der Waals surface area (Å²) in [5, 5.41) is 4.63. The first-order chi connectivity index (χ1) is 9.49. The molecule has 0 saturated carbocycles. The van der Waals surface area contributed by atoms with Crippen LogP contribution < -0.4 is 0 Å². The van der Waals surface area contributed by atoms with Crippen molar-refractivity contribution < 1.29 is 18.8 Å². The van der Waals surface area contributed by atoms with E-state index in [-0.39, 0.29) is 12.3 Å². The number of ether oxygens (including phenoxy) is 1. The van der Waals surface area contributed by atoms with Gasteiger partial charge >= 0.3 is 5.97 Å². The van der Waals surface area contributed by atoms with E-state index in [0.717, 1.165) is 5.39 Å². The van der Waals surface area contributed by atoms with Crippen molar-refractivity contribution in [1.82, 2.24) is 10.1 Å². The molecule has 106 valence electrons. The highest BCUT2D eigenvalue weighted by atomic mass is 16.5. The summed E-state index contributed by atoms with van der Waals surface area (Å²) < 4.78 is 10.2. The second-order valence-electron chi connectivity index (χ2n) is 4.67. The van der Waals surface area contributed by atoms with E-state index in [1.165, 1.54) is 4.90 Å². The van der Waals surface area contributed by atoms with Gasteiger partial charge in [-0.3, -0.25) is 9.59 Å². The summed E-state index contributed by atoms with van der Waals surface area (Å²) in [6, 6.07) is 7.26. The maximum atomic E-state index is 11.8. The number of esters is 1. The van der Waals surface area contributed by atoms with Crippen molar-refractivity contribution in [1.29, 1.82) is 0 Å². The van der Waals surface area contributed by atoms with E-state index in [0.29, 0.717) is 11.3 Å². The summed E-state index contributed by atoms with van der Waals surface area (Å²) in [5.74, 6) is -0.768. The molecule has 1 aromatic heterocycles. The molecule has 0 aliphatic carbocycles. The second-order valence-corrected chi connectivity index (χ2v) is 4.67. The normalized spacial score (nSPS) is 12.2. The van der Waals surface area contributed by atoms with Crippen LogP contribution in [0.25, 0.3) is 11.0 Å². The van der Waals surface area contributed by atoms with Crippen molar-refractivity contribution in [3.63, 3.8) is 0 Å². The van der Waals surface area contributed by atoms with Crippen molar-refractivity contribution in [2.45, 2.75) is 19.4 Å². The van der Waals surface area contributed by atoms with Crippen LogP contribution in [0.4, 0.5) is 0 Å². The van der Waals surface area contributed by atoms with E-state index in [2.05, 4.69) is 5.16 Å². The molecule has 0 aliphatic heterocycles. The third kappa shape index (κ3) is 2.96. The van der Waals surface area contributed by atoms with Crippen LogP contribution in [0.1, 0.15) is 12.6 Å². The standard InChI is InChI=1S/C14H16N2O4/c1-9(14(18)16(2)3)19-13(17)8-11-10-6-4-5-7-12(10)20-15-11/h4-7,9H,8H2,1-3H3/t9-/m0/s1. The van der Waals surface area contributed by atoms with E-state index in [1.54, 1.807) is 27.1 Å². The molecule has 6 heteroatoms. The number of aromatic nitrogens is 1. The van der Waals surface area contributed by atoms with Crippen LogP contribution in [0.3, 0.4) is 0 Å². The maximum absolute atomic E-state index is 11.8. The first kappa shape index (κ1) is 14.0. The minimum atomic E-state index is -0.810. The number of likely N-dealkylation sites (N-methyl/N-ethyl adjacent to an activating group) is 1. The highest BCUT2D eigenvalue weighted by Crippen LogP contribution is 2.18. The van der Waals surface area contributed by atoms with Crippen LogP contribution in [0.2, 0.25) is 0 Å². The fraction of sp³-hybridized carbons (Fsp3) is 0.357. The van der Waals surface area contributed by atoms with Gasteiger partial charge in [-0.25, -0.2) is 0 Å². The Kier molecular flexibility index (Phi) is 4.02. The lowest BCUT2D eigenvalue weighted by Gasteiger charge is -2.16. The average molecular weight is 276 g/mol. The largest absolute Gasteiger partial charge is 0.452 e. The smallest absolute Gasteiger partial charge is 0.312 e. The van der Waals surface area contributed by atoms with Crippen molar-refractivity contribution >= 4 is 22.8 Å². The molecule has 0 saturated heterocycles. The Morgan fingerprint density at radius 1 is 1.35 bits per heavy atom. The van der Waals surface area contributed by atoms with Crippen molar-refractivity contribution in [3.8, 4) is 0 Å². The lowest BCUT2D eigenvalue weighted by atomic mass is 10.2. The van der Waals surface area contributed by atoms with Gasteiger partial charge in [0.25, 0.3) is 5.91 Å². The number of hydrogen-bond donors (Lipinski definition) is 0. The van der Waals surface area contributed by atoms with Crippen LogP contribution in [0, 0.1) is 0 Å². The number of hydrogen-bond acceptors (Lipinski definition) is 5. The van der Waals surface area contributed by atoms with Crippen molar-refractivity contribution in [3.05, 3.63) is 30.0 Å². The first-order valence-electron chi connectivity index (χ1n) is 6.23. The van der Waals surface area contributed by atoms with Crippen LogP contribution in [0.5, 0.6) is 0 Å². The van der Waals surface area contributed by atoms with Crippen LogP contribution in [-0.4, -0.2) is 42.1 Å². The third-order valence-corrected chi connectivity index (χ3v) is 2.86. The average Bonchev–Trinajstić information content (AvgIpc) is 2.81. The second kappa shape index (κ2) is 5.73. The molecule has 6 nitrogen and oxygen atoms in total. The van der Waals surface area contributed by atoms with Gasteiger partial charge in [0.15, 0.2) is 11.7 Å². The number of carbonyl (C=O) groups is 2. The predicted molar refractivity (Wildman–Crippen MR) is 72.0 cm³/mol. The molecule has 0 fully saturated rings. The van der Waals surface area contributed by atoms with Gasteiger partial charge in [-0.05, 0) is 19.1 Å². The highest BCUT2D eigenvalue weighted by Gasteiger charge is 2.21. The number of nitrogens with zero attached hydrogens (tertiary/aromatic N) is 2. The molecule has 1 heterocycles. The topological polar surface area (TPSA) is 72.6 Å². The summed E-state index contributed by atoms with van der Waals surface area (Å²) in [7, 11) is 3.22. The maximum Gasteiger partial charge on any atom is 0.312 e. The molecule has 0 radical (unpaired) electrons. The molecule has 2 aromatic rings. The summed E-state index contributed by atoms with van der Waals surface area (Å²) >= 11 is 0. The molecule has 0 spiro atoms. The molecule has 1 atom stereocenters. The third-order valence-electron chi connectivity index (χ3n) is 2.86. The fourth-order valence-electron chi connectivity index (χ4n) is 1.86. The molecular formula is C14H16N2O4. The van der Waals surface area contributed by atoms with Crippen LogP contribution in [-0.2, 0) is 20.7 Å². The Morgan fingerprint density at radius 3 is 2.75 bits per heavy atom. The Balaban J connectivity index is 2.03. The van der Waals surface area contributed by atoms with Crippen molar-refractivity contribution in [2.24, 2.45) is 0 Å². The molecule has 20 heavy (non-hydrogen) atoms. The highest BCUT2D eigenvalue weighted by molar-refractivity contribution is 5.86. The quantitative estimate of drug-likeness (QED) is 0.789. The summed E-state index contributed by atoms with van der Waals surface area (Å²) in [5.41, 5.74) is 1.13. The molecule has 0 aliphatic rings. The number of para-hydroxylation sites is 1. The Bertz CT molecular complexity index is 633. The van der Waals surface area contributed by atoms with Gasteiger partial charge in [-0.1, -0.05) is 17.3 Å². The minimum absolute atomic E-state index is 0.0257. The van der Waals surface area contributed by atoms with E-state index in [1.807, 2.05) is 18.2 Å². The minimum Gasteiger partial charge on any atom is -0.452 e. The van der Waals surface area contributed by atoms with E-state index >= 15 is 0 Å². The monoisotopic (exact) mass is 276 g/mol. The Labute approximate surface area is 116 Å². The zero-order valence-electron chi connectivity index (χ0n) is 11.6. The SMILES string of the molecule is C[C@H](OC(=O)Cc1noc2ccccc12)C(=O)N(C)C. The molecule has 1 amide bonds. The lowest BCUT2D eigenvalue weighted by Crippen LogP contribution is -2.35. The summed E-state index contributed by atoms with van der Waals surface area (Å²) in [4.78, 5) is 24.8. The molecular weight excluding hydrogens is 260 g/mol. The van der Waals surface area contributed by atoms with Gasteiger partial charge in [0.2, 0.25) is 0 Å². The van der Waals surface area contributed by atoms with Gasteiger partial charge < -0.3 is 14.2 Å². The van der Waals surface area contributed by atoms with Gasteiger partial charge in [0.1, 0.15) is 5.69 Å². The van der Waals surface area contributed by atoms with E-state index < -0.39 is 12.1 Å². The molecule has 0 N–H and O–H groups in total. The number of amides is 1. The number of rotatable bonds is 4. The van der Waals surface area contributed by atoms with Crippen molar-refractivity contribution in [2.75, 3.05) is 14.1 Å². The van der Waals surface area contributed by atoms with Gasteiger partial charge in [-0.15, -0.1) is 0 Å². The molecule has 2 rings (SSSR count). The van der Waals surface area contributed by atoms with Gasteiger partial charge in [-0.2, -0.15) is 0 Å². The zero-order valence-corrected chi connectivity index (χ0v) is 11.6. The predicted octanol–water partition coefficient (Wildman–Crippen LogP) is 1.39. The number of benzene rings is 1. The fourth-order valence-corrected chi connectivity index (χ4v) is 1.86. The molecule has 0 bridgehead atoms. The lowest BCUT2D eigenvalue weighted by molar-refractivity contribution is -0.157. The van der Waals surface area contributed by atoms with E-state index in [9.17, 15) is 9.59 Å². The Morgan fingerprint density at radius 2 is 2.05 bits per heavy atom. The number of carbonyl (C=O) groups excluding carboxylic acids is 2. The number of fused-ring (bicyclic) bond motifs is 1. The van der Waals surface area contributed by atoms with E-state index in [4.69, 9.17) is 9.26 Å². The van der Waals surface area contributed by atoms with Gasteiger partial charge in [0.05, 0.1) is 6.42 Å². The summed E-state index contributed by atoms with van der Waals surface area (Å²) in [6.45, 7) is 1.54. The van der Waals surface area contributed by atoms with Gasteiger partial charge in [0, 0.05) is 19.5 Å². The molecule has 1 aromatic carbocycles. The van der Waals surface area contributed by atoms with Crippen LogP contribution in [0.15, 0.2) is 28.8 Å². The Hall–Kier alpha value is -2.37. The van der Waals surface area contributed by atoms with Crippen LogP contribution >= 0.6 is 0 Å². The summed E-state index contributed by atoms with van der Waals surface area (Å²) in [6.07, 6.45) is -0.835. The molecule has 0 unspecified atom stereocenters. The first-order valence-corrected chi connectivity index (χ1v) is 6.23.